The van der Waals surface area contributed by atoms with Crippen molar-refractivity contribution < 1.29 is 18.7 Å². The predicted molar refractivity (Wildman–Crippen MR) is 60.8 cm³/mol. The quantitative estimate of drug-likeness (QED) is 0.759. The number of benzene rings is 1. The van der Waals surface area contributed by atoms with Gasteiger partial charge in [0.1, 0.15) is 11.6 Å². The fourth-order valence-corrected chi connectivity index (χ4v) is 1.99. The van der Waals surface area contributed by atoms with Gasteiger partial charge in [-0.05, 0) is 25.0 Å². The highest BCUT2D eigenvalue weighted by Gasteiger charge is 2.25. The number of Topliss-reactive ketones (excluding diaryl/α,β-unsaturated/α-hetero) is 1. The molecule has 0 bridgehead atoms. The maximum atomic E-state index is 13.7. The number of hydrogen-bond donors (Lipinski definition) is 0. The topological polar surface area (TPSA) is 35.5 Å². The van der Waals surface area contributed by atoms with Crippen LogP contribution in [0.2, 0.25) is 0 Å². The molecule has 4 heteroatoms. The van der Waals surface area contributed by atoms with Crippen molar-refractivity contribution in [2.75, 3.05) is 20.3 Å². The first-order chi connectivity index (χ1) is 8.22. The zero-order valence-electron chi connectivity index (χ0n) is 9.74. The third-order valence-electron chi connectivity index (χ3n) is 2.97. The number of rotatable bonds is 3. The second-order valence-corrected chi connectivity index (χ2v) is 4.12. The summed E-state index contributed by atoms with van der Waals surface area (Å²) in [4.78, 5) is 12.1. The van der Waals surface area contributed by atoms with Crippen molar-refractivity contribution >= 4 is 5.78 Å². The van der Waals surface area contributed by atoms with Crippen LogP contribution in [0.25, 0.3) is 0 Å². The molecule has 1 saturated heterocycles. The van der Waals surface area contributed by atoms with E-state index in [0.29, 0.717) is 19.0 Å². The number of carbonyl (C=O) groups is 1. The van der Waals surface area contributed by atoms with E-state index >= 15 is 0 Å². The van der Waals surface area contributed by atoms with Crippen molar-refractivity contribution in [1.29, 1.82) is 0 Å². The first-order valence-electron chi connectivity index (χ1n) is 5.68. The van der Waals surface area contributed by atoms with Crippen LogP contribution in [0.5, 0.6) is 5.75 Å². The van der Waals surface area contributed by atoms with Crippen LogP contribution in [0.15, 0.2) is 18.2 Å². The van der Waals surface area contributed by atoms with Gasteiger partial charge in [-0.3, -0.25) is 4.79 Å². The van der Waals surface area contributed by atoms with Crippen molar-refractivity contribution in [3.8, 4) is 5.75 Å². The highest BCUT2D eigenvalue weighted by molar-refractivity contribution is 5.98. The summed E-state index contributed by atoms with van der Waals surface area (Å²) in [6.45, 7) is 1.08. The molecule has 0 spiro atoms. The highest BCUT2D eigenvalue weighted by Crippen LogP contribution is 2.23. The monoisotopic (exact) mass is 238 g/mol. The summed E-state index contributed by atoms with van der Waals surface area (Å²) in [5.41, 5.74) is 0.126. The summed E-state index contributed by atoms with van der Waals surface area (Å²) >= 11 is 0. The molecule has 3 nitrogen and oxygen atoms in total. The molecule has 1 aliphatic rings. The average molecular weight is 238 g/mol. The zero-order valence-corrected chi connectivity index (χ0v) is 9.74. The maximum Gasteiger partial charge on any atom is 0.171 e. The summed E-state index contributed by atoms with van der Waals surface area (Å²) in [6.07, 6.45) is 1.62. The van der Waals surface area contributed by atoms with Gasteiger partial charge in [-0.1, -0.05) is 0 Å². The standard InChI is InChI=1S/C13H15FO3/c1-16-10-4-5-11(12(14)7-10)13(15)9-3-2-6-17-8-9/h4-5,7,9H,2-3,6,8H2,1H3. The van der Waals surface area contributed by atoms with E-state index < -0.39 is 5.82 Å². The van der Waals surface area contributed by atoms with Gasteiger partial charge in [0.05, 0.1) is 19.3 Å². The molecule has 0 radical (unpaired) electrons. The molecule has 1 aromatic rings. The van der Waals surface area contributed by atoms with Gasteiger partial charge < -0.3 is 9.47 Å². The van der Waals surface area contributed by atoms with Crippen molar-refractivity contribution in [2.45, 2.75) is 12.8 Å². The molecule has 1 unspecified atom stereocenters. The van der Waals surface area contributed by atoms with E-state index in [0.717, 1.165) is 12.8 Å². The number of methoxy groups -OCH3 is 1. The summed E-state index contributed by atoms with van der Waals surface area (Å²) in [7, 11) is 1.46. The van der Waals surface area contributed by atoms with Gasteiger partial charge >= 0.3 is 0 Å². The van der Waals surface area contributed by atoms with E-state index in [2.05, 4.69) is 0 Å². The first kappa shape index (κ1) is 12.0. The summed E-state index contributed by atoms with van der Waals surface area (Å²) in [5, 5.41) is 0. The second kappa shape index (κ2) is 5.27. The zero-order chi connectivity index (χ0) is 12.3. The largest absolute Gasteiger partial charge is 0.497 e. The molecule has 0 saturated carbocycles. The van der Waals surface area contributed by atoms with Crippen molar-refractivity contribution in [3.63, 3.8) is 0 Å². The summed E-state index contributed by atoms with van der Waals surface area (Å²) < 4.78 is 23.8. The Labute approximate surface area is 99.5 Å². The van der Waals surface area contributed by atoms with E-state index in [1.165, 1.54) is 19.2 Å². The van der Waals surface area contributed by atoms with E-state index in [9.17, 15) is 9.18 Å². The Morgan fingerprint density at radius 3 is 2.94 bits per heavy atom. The van der Waals surface area contributed by atoms with Crippen LogP contribution in [0.4, 0.5) is 4.39 Å². The minimum Gasteiger partial charge on any atom is -0.497 e. The van der Waals surface area contributed by atoms with Gasteiger partial charge in [0.25, 0.3) is 0 Å². The number of ketones is 1. The molecule has 2 rings (SSSR count). The Morgan fingerprint density at radius 1 is 1.53 bits per heavy atom. The number of halogens is 1. The fraction of sp³-hybridized carbons (Fsp3) is 0.462. The second-order valence-electron chi connectivity index (χ2n) is 4.12. The smallest absolute Gasteiger partial charge is 0.171 e. The fourth-order valence-electron chi connectivity index (χ4n) is 1.99. The van der Waals surface area contributed by atoms with Crippen LogP contribution in [0.1, 0.15) is 23.2 Å². The molecule has 17 heavy (non-hydrogen) atoms. The van der Waals surface area contributed by atoms with Crippen LogP contribution >= 0.6 is 0 Å². The van der Waals surface area contributed by atoms with Gasteiger partial charge in [0.15, 0.2) is 5.78 Å². The van der Waals surface area contributed by atoms with E-state index in [1.807, 2.05) is 0 Å². The molecule has 0 aromatic heterocycles. The van der Waals surface area contributed by atoms with Crippen LogP contribution < -0.4 is 4.74 Å². The Morgan fingerprint density at radius 2 is 2.35 bits per heavy atom. The number of carbonyl (C=O) groups excluding carboxylic acids is 1. The molecular formula is C13H15FO3. The lowest BCUT2D eigenvalue weighted by Crippen LogP contribution is -2.26. The molecule has 92 valence electrons. The van der Waals surface area contributed by atoms with Crippen molar-refractivity contribution in [1.82, 2.24) is 0 Å². The van der Waals surface area contributed by atoms with Crippen molar-refractivity contribution in [2.24, 2.45) is 5.92 Å². The van der Waals surface area contributed by atoms with Crippen LogP contribution in [-0.2, 0) is 4.74 Å². The summed E-state index contributed by atoms with van der Waals surface area (Å²) in [5.74, 6) is -0.504. The SMILES string of the molecule is COc1ccc(C(=O)C2CCCOC2)c(F)c1. The van der Waals surface area contributed by atoms with Crippen molar-refractivity contribution in [3.05, 3.63) is 29.6 Å². The van der Waals surface area contributed by atoms with Crippen LogP contribution in [-0.4, -0.2) is 26.1 Å². The maximum absolute atomic E-state index is 13.7. The lowest BCUT2D eigenvalue weighted by molar-refractivity contribution is 0.0459. The van der Waals surface area contributed by atoms with E-state index in [4.69, 9.17) is 9.47 Å². The molecule has 0 amide bonds. The third-order valence-corrected chi connectivity index (χ3v) is 2.97. The molecule has 0 N–H and O–H groups in total. The Kier molecular flexibility index (Phi) is 3.74. The van der Waals surface area contributed by atoms with Gasteiger partial charge in [0, 0.05) is 18.6 Å². The minimum atomic E-state index is -0.528. The third kappa shape index (κ3) is 2.64. The Hall–Kier alpha value is -1.42. The lowest BCUT2D eigenvalue weighted by atomic mass is 9.92. The average Bonchev–Trinajstić information content (AvgIpc) is 2.39. The van der Waals surface area contributed by atoms with Crippen LogP contribution in [0.3, 0.4) is 0 Å². The van der Waals surface area contributed by atoms with Gasteiger partial charge in [0.2, 0.25) is 0 Å². The highest BCUT2D eigenvalue weighted by atomic mass is 19.1. The van der Waals surface area contributed by atoms with Gasteiger partial charge in [-0.15, -0.1) is 0 Å². The van der Waals surface area contributed by atoms with Gasteiger partial charge in [-0.25, -0.2) is 4.39 Å². The van der Waals surface area contributed by atoms with E-state index in [1.54, 1.807) is 6.07 Å². The molecule has 1 aromatic carbocycles. The first-order valence-corrected chi connectivity index (χ1v) is 5.68. The molecule has 1 aliphatic heterocycles. The van der Waals surface area contributed by atoms with Crippen LogP contribution in [0, 0.1) is 11.7 Å². The lowest BCUT2D eigenvalue weighted by Gasteiger charge is -2.21. The summed E-state index contributed by atoms with van der Waals surface area (Å²) in [6, 6.07) is 4.31. The van der Waals surface area contributed by atoms with Gasteiger partial charge in [-0.2, -0.15) is 0 Å². The minimum absolute atomic E-state index is 0.126. The number of hydrogen-bond acceptors (Lipinski definition) is 3. The molecular weight excluding hydrogens is 223 g/mol. The Balaban J connectivity index is 2.18. The van der Waals surface area contributed by atoms with E-state index in [-0.39, 0.29) is 17.3 Å². The Bertz CT molecular complexity index is 411. The number of ether oxygens (including phenoxy) is 2. The normalized spacial score (nSPS) is 20.0. The molecule has 1 atom stereocenters. The molecule has 1 fully saturated rings. The molecule has 0 aliphatic carbocycles. The predicted octanol–water partition coefficient (Wildman–Crippen LogP) is 2.44. The molecule has 1 heterocycles.